The van der Waals surface area contributed by atoms with Gasteiger partial charge in [0.1, 0.15) is 5.82 Å². The Labute approximate surface area is 130 Å². The highest BCUT2D eigenvalue weighted by atomic mass is 79.9. The molecule has 2 aromatic rings. The lowest BCUT2D eigenvalue weighted by molar-refractivity contribution is 0.526. The van der Waals surface area contributed by atoms with Crippen LogP contribution in [-0.4, -0.2) is 15.5 Å². The average Bonchev–Trinajstić information content (AvgIpc) is 2.81. The summed E-state index contributed by atoms with van der Waals surface area (Å²) < 4.78 is 16.0. The molecule has 3 N–H and O–H groups in total. The van der Waals surface area contributed by atoms with Crippen LogP contribution in [0.25, 0.3) is 0 Å². The number of nitrogens with two attached hydrogens (primary N) is 1. The van der Waals surface area contributed by atoms with E-state index in [1.807, 2.05) is 17.7 Å². The third-order valence-electron chi connectivity index (χ3n) is 2.88. The summed E-state index contributed by atoms with van der Waals surface area (Å²) in [6, 6.07) is 6.47. The van der Waals surface area contributed by atoms with Crippen molar-refractivity contribution in [2.45, 2.75) is 24.4 Å². The molecule has 0 aliphatic carbocycles. The van der Waals surface area contributed by atoms with Crippen LogP contribution in [0.3, 0.4) is 0 Å². The Morgan fingerprint density at radius 1 is 1.55 bits per heavy atom. The maximum Gasteiger partial charge on any atom is 0.124 e. The molecule has 1 unspecified atom stereocenters. The quantitative estimate of drug-likeness (QED) is 0.473. The Bertz CT molecular complexity index is 575. The molecule has 108 valence electrons. The van der Waals surface area contributed by atoms with E-state index in [2.05, 4.69) is 26.5 Å². The van der Waals surface area contributed by atoms with E-state index >= 15 is 0 Å². The standard InChI is InChI=1S/C13H16BrFN4S/c1-2-19-13(11(14)7-17-19)12(18-16)8-20-10-5-3-4-9(15)6-10/h3-7,12,18H,2,8,16H2,1H3. The number of hydrogen-bond donors (Lipinski definition) is 2. The van der Waals surface area contributed by atoms with E-state index in [4.69, 9.17) is 5.84 Å². The fourth-order valence-electron chi connectivity index (χ4n) is 1.91. The topological polar surface area (TPSA) is 55.9 Å². The van der Waals surface area contributed by atoms with Gasteiger partial charge in [-0.25, -0.2) is 4.39 Å². The van der Waals surface area contributed by atoms with Crippen LogP contribution in [0.2, 0.25) is 0 Å². The Hall–Kier alpha value is -0.890. The van der Waals surface area contributed by atoms with Crippen molar-refractivity contribution in [1.82, 2.24) is 15.2 Å². The fraction of sp³-hybridized carbons (Fsp3) is 0.308. The minimum absolute atomic E-state index is 0.0694. The summed E-state index contributed by atoms with van der Waals surface area (Å²) in [6.07, 6.45) is 1.76. The van der Waals surface area contributed by atoms with Gasteiger partial charge in [0.25, 0.3) is 0 Å². The molecule has 1 atom stereocenters. The minimum atomic E-state index is -0.230. The number of benzene rings is 1. The Morgan fingerprint density at radius 3 is 3.00 bits per heavy atom. The average molecular weight is 359 g/mol. The molecule has 0 radical (unpaired) electrons. The second-order valence-electron chi connectivity index (χ2n) is 4.18. The monoisotopic (exact) mass is 358 g/mol. The lowest BCUT2D eigenvalue weighted by Crippen LogP contribution is -2.31. The molecule has 1 aromatic carbocycles. The van der Waals surface area contributed by atoms with Gasteiger partial charge in [-0.15, -0.1) is 11.8 Å². The van der Waals surface area contributed by atoms with Crippen LogP contribution in [0.15, 0.2) is 39.8 Å². The van der Waals surface area contributed by atoms with Gasteiger partial charge >= 0.3 is 0 Å². The van der Waals surface area contributed by atoms with Crippen LogP contribution in [0.1, 0.15) is 18.7 Å². The van der Waals surface area contributed by atoms with Gasteiger partial charge in [-0.2, -0.15) is 5.10 Å². The third kappa shape index (κ3) is 3.60. The third-order valence-corrected chi connectivity index (χ3v) is 4.58. The lowest BCUT2D eigenvalue weighted by atomic mass is 10.2. The van der Waals surface area contributed by atoms with Crippen LogP contribution < -0.4 is 11.3 Å². The predicted octanol–water partition coefficient (Wildman–Crippen LogP) is 3.10. The van der Waals surface area contributed by atoms with E-state index in [1.54, 1.807) is 24.0 Å². The summed E-state index contributed by atoms with van der Waals surface area (Å²) in [6.45, 7) is 2.79. The number of aromatic nitrogens is 2. The van der Waals surface area contributed by atoms with Crippen molar-refractivity contribution in [3.63, 3.8) is 0 Å². The highest BCUT2D eigenvalue weighted by molar-refractivity contribution is 9.10. The Morgan fingerprint density at radius 2 is 2.35 bits per heavy atom. The number of nitrogens with one attached hydrogen (secondary N) is 1. The molecule has 0 aliphatic rings. The van der Waals surface area contributed by atoms with Gasteiger partial charge in [0, 0.05) is 17.2 Å². The zero-order valence-electron chi connectivity index (χ0n) is 11.0. The molecule has 1 heterocycles. The summed E-state index contributed by atoms with van der Waals surface area (Å²) in [4.78, 5) is 0.879. The van der Waals surface area contributed by atoms with E-state index in [1.165, 1.54) is 12.1 Å². The number of hydrazine groups is 1. The van der Waals surface area contributed by atoms with E-state index in [9.17, 15) is 4.39 Å². The first-order chi connectivity index (χ1) is 9.65. The molecule has 0 amide bonds. The van der Waals surface area contributed by atoms with Gasteiger partial charge in [0.15, 0.2) is 0 Å². The molecule has 4 nitrogen and oxygen atoms in total. The van der Waals surface area contributed by atoms with Crippen LogP contribution in [0.5, 0.6) is 0 Å². The number of aryl methyl sites for hydroxylation is 1. The molecule has 0 spiro atoms. The summed E-state index contributed by atoms with van der Waals surface area (Å²) in [5.74, 6) is 6.11. The first-order valence-electron chi connectivity index (χ1n) is 6.21. The van der Waals surface area contributed by atoms with Crippen molar-refractivity contribution in [3.05, 3.63) is 46.4 Å². The minimum Gasteiger partial charge on any atom is -0.271 e. The molecular weight excluding hydrogens is 343 g/mol. The van der Waals surface area contributed by atoms with Crippen molar-refractivity contribution in [2.24, 2.45) is 5.84 Å². The van der Waals surface area contributed by atoms with Crippen LogP contribution in [0, 0.1) is 5.82 Å². The van der Waals surface area contributed by atoms with Gasteiger partial charge in [0.05, 0.1) is 22.4 Å². The number of thioether (sulfide) groups is 1. The first kappa shape index (κ1) is 15.5. The maximum atomic E-state index is 13.2. The van der Waals surface area contributed by atoms with Crippen molar-refractivity contribution in [2.75, 3.05) is 5.75 Å². The van der Waals surface area contributed by atoms with Gasteiger partial charge in [-0.1, -0.05) is 6.07 Å². The Balaban J connectivity index is 2.11. The lowest BCUT2D eigenvalue weighted by Gasteiger charge is -2.17. The molecule has 0 fully saturated rings. The van der Waals surface area contributed by atoms with Crippen molar-refractivity contribution in [1.29, 1.82) is 0 Å². The predicted molar refractivity (Wildman–Crippen MR) is 82.8 cm³/mol. The summed E-state index contributed by atoms with van der Waals surface area (Å²) in [5, 5.41) is 4.28. The smallest absolute Gasteiger partial charge is 0.124 e. The van der Waals surface area contributed by atoms with Gasteiger partial charge in [-0.05, 0) is 41.1 Å². The maximum absolute atomic E-state index is 13.2. The summed E-state index contributed by atoms with van der Waals surface area (Å²) in [5.41, 5.74) is 3.80. The first-order valence-corrected chi connectivity index (χ1v) is 7.99. The van der Waals surface area contributed by atoms with Crippen molar-refractivity contribution >= 4 is 27.7 Å². The number of hydrogen-bond acceptors (Lipinski definition) is 4. The molecule has 0 saturated carbocycles. The number of nitrogens with zero attached hydrogens (tertiary/aromatic N) is 2. The summed E-state index contributed by atoms with van der Waals surface area (Å²) >= 11 is 5.04. The molecule has 20 heavy (non-hydrogen) atoms. The van der Waals surface area contributed by atoms with E-state index in [0.717, 1.165) is 21.6 Å². The van der Waals surface area contributed by atoms with E-state index < -0.39 is 0 Å². The number of halogens is 2. The van der Waals surface area contributed by atoms with Crippen LogP contribution in [-0.2, 0) is 6.54 Å². The van der Waals surface area contributed by atoms with E-state index in [-0.39, 0.29) is 11.9 Å². The second-order valence-corrected chi connectivity index (χ2v) is 6.13. The largest absolute Gasteiger partial charge is 0.271 e. The zero-order chi connectivity index (χ0) is 14.5. The fourth-order valence-corrected chi connectivity index (χ4v) is 3.47. The number of rotatable bonds is 6. The molecule has 0 saturated heterocycles. The molecule has 2 rings (SSSR count). The van der Waals surface area contributed by atoms with Crippen molar-refractivity contribution < 1.29 is 4.39 Å². The van der Waals surface area contributed by atoms with Crippen LogP contribution >= 0.6 is 27.7 Å². The van der Waals surface area contributed by atoms with Gasteiger partial charge in [-0.3, -0.25) is 16.0 Å². The second kappa shape index (κ2) is 7.21. The molecular formula is C13H16BrFN4S. The highest BCUT2D eigenvalue weighted by Crippen LogP contribution is 2.28. The zero-order valence-corrected chi connectivity index (χ0v) is 13.4. The molecule has 0 bridgehead atoms. The molecule has 1 aromatic heterocycles. The molecule has 0 aliphatic heterocycles. The highest BCUT2D eigenvalue weighted by Gasteiger charge is 2.18. The van der Waals surface area contributed by atoms with Crippen LogP contribution in [0.4, 0.5) is 4.39 Å². The normalized spacial score (nSPS) is 12.6. The Kier molecular flexibility index (Phi) is 5.59. The van der Waals surface area contributed by atoms with Gasteiger partial charge in [0.2, 0.25) is 0 Å². The van der Waals surface area contributed by atoms with E-state index in [0.29, 0.717) is 5.75 Å². The molecule has 7 heteroatoms. The summed E-state index contributed by atoms with van der Waals surface area (Å²) in [7, 11) is 0. The van der Waals surface area contributed by atoms with Gasteiger partial charge < -0.3 is 0 Å². The SMILES string of the molecule is CCn1ncc(Br)c1C(CSc1cccc(F)c1)NN. The van der Waals surface area contributed by atoms with Crippen molar-refractivity contribution in [3.8, 4) is 0 Å².